The molecule has 372 valence electrons. The first-order valence-electron chi connectivity index (χ1n) is 24.2. The van der Waals surface area contributed by atoms with Crippen molar-refractivity contribution in [3.05, 3.63) is 124 Å². The van der Waals surface area contributed by atoms with Crippen LogP contribution in [0, 0.1) is 0 Å². The van der Waals surface area contributed by atoms with E-state index in [0.29, 0.717) is 91.4 Å². The molecule has 0 saturated carbocycles. The number of H-pyrrole nitrogens is 2. The number of ether oxygens (including phenoxy) is 2. The van der Waals surface area contributed by atoms with Crippen LogP contribution in [0.1, 0.15) is 64.6 Å². The maximum absolute atomic E-state index is 13.6. The van der Waals surface area contributed by atoms with Crippen molar-refractivity contribution in [3.8, 4) is 33.8 Å². The number of aromatic amines is 2. The van der Waals surface area contributed by atoms with E-state index in [1.807, 2.05) is 83.2 Å². The van der Waals surface area contributed by atoms with E-state index in [-0.39, 0.29) is 25.8 Å². The molecule has 7 heterocycles. The van der Waals surface area contributed by atoms with Gasteiger partial charge in [0.15, 0.2) is 0 Å². The molecule has 2 aliphatic heterocycles. The zero-order chi connectivity index (χ0) is 49.8. The summed E-state index contributed by atoms with van der Waals surface area (Å²) in [7, 11) is 5.09. The fraction of sp³-hybridized carbons (Fsp3) is 0.389. The van der Waals surface area contributed by atoms with E-state index in [2.05, 4.69) is 59.0 Å². The summed E-state index contributed by atoms with van der Waals surface area (Å²) < 4.78 is 16.8. The minimum absolute atomic E-state index is 0. The lowest BCUT2D eigenvalue weighted by atomic mass is 9.99. The molecule has 2 saturated heterocycles. The van der Waals surface area contributed by atoms with Crippen LogP contribution in [-0.2, 0) is 20.1 Å². The quantitative estimate of drug-likeness (QED) is 0.110. The molecule has 7 aromatic rings. The summed E-state index contributed by atoms with van der Waals surface area (Å²) in [6, 6.07) is 12.2. The third-order valence-corrected chi connectivity index (χ3v) is 13.8. The highest BCUT2D eigenvalue weighted by Crippen LogP contribution is 2.40. The second-order valence-electron chi connectivity index (χ2n) is 18.6. The van der Waals surface area contributed by atoms with Gasteiger partial charge in [-0.2, -0.15) is 0 Å². The van der Waals surface area contributed by atoms with Crippen LogP contribution in [0.4, 0.5) is 0 Å². The maximum atomic E-state index is 13.6. The fourth-order valence-corrected chi connectivity index (χ4v) is 9.65. The number of hydrogen-bond acceptors (Lipinski definition) is 9. The number of carbonyl (C=O) groups is 2. The minimum atomic E-state index is -0.0890. The molecule has 5 aromatic heterocycles. The van der Waals surface area contributed by atoms with Crippen molar-refractivity contribution in [1.29, 1.82) is 0 Å². The third kappa shape index (κ3) is 9.70. The summed E-state index contributed by atoms with van der Waals surface area (Å²) in [6.07, 6.45) is 15.4. The highest BCUT2D eigenvalue weighted by atomic mass is 16.5. The number of carbonyl (C=O) groups excluding carboxylic acids is 2. The molecule has 2 aliphatic rings. The number of fused-ring (bicyclic) bond motifs is 3. The van der Waals surface area contributed by atoms with Crippen LogP contribution in [0.25, 0.3) is 55.1 Å². The van der Waals surface area contributed by atoms with Crippen LogP contribution >= 0.6 is 0 Å². The summed E-state index contributed by atoms with van der Waals surface area (Å²) >= 11 is 0. The second kappa shape index (κ2) is 21.2. The molecule has 2 N–H and O–H groups in total. The molecule has 0 unspecified atom stereocenters. The average molecular weight is 955 g/mol. The number of nitrogens with one attached hydrogen (secondary N) is 2. The summed E-state index contributed by atoms with van der Waals surface area (Å²) in [5.74, 6) is 0.985. The smallest absolute Gasteiger partial charge is 0.275 e. The van der Waals surface area contributed by atoms with E-state index < -0.39 is 0 Å². The fourth-order valence-electron chi connectivity index (χ4n) is 9.65. The van der Waals surface area contributed by atoms with Crippen molar-refractivity contribution < 1.29 is 21.9 Å². The molecule has 0 aliphatic carbocycles. The minimum Gasteiger partial charge on any atom is -0.496 e. The summed E-state index contributed by atoms with van der Waals surface area (Å²) in [5.41, 5.74) is 7.04. The SMILES string of the molecule is C/C=C/Cn1cc(-c2cc(C(=O)N3CCN(C(C)C)CC3)cc3c2ncn3C)c2cc[nH]c2c1=O.C=CCCn1cc(-c2cc(OC)c(C(=O)N3CCN(C(C)C)CC3)cc2OC)c2cc[nH]c2c1=O.[HH].[HH]. The first-order valence-corrected chi connectivity index (χ1v) is 24.2. The Balaban J connectivity index is 0.000000229. The molecule has 9 rings (SSSR count). The first-order chi connectivity index (χ1) is 33.8. The Morgan fingerprint density at radius 2 is 1.30 bits per heavy atom. The van der Waals surface area contributed by atoms with Gasteiger partial charge in [0.05, 0.1) is 37.1 Å². The van der Waals surface area contributed by atoms with Crippen molar-refractivity contribution in [2.45, 2.75) is 66.2 Å². The number of nitrogens with zero attached hydrogens (tertiary/aromatic N) is 8. The van der Waals surface area contributed by atoms with Crippen molar-refractivity contribution in [3.63, 3.8) is 0 Å². The van der Waals surface area contributed by atoms with Crippen molar-refractivity contribution in [2.75, 3.05) is 66.6 Å². The first kappa shape index (κ1) is 49.3. The molecule has 0 atom stereocenters. The number of methoxy groups -OCH3 is 2. The molecular weight excluding hydrogens is 885 g/mol. The maximum Gasteiger partial charge on any atom is 0.275 e. The number of amides is 2. The van der Waals surface area contributed by atoms with Gasteiger partial charge in [0, 0.05) is 151 Å². The molecule has 0 bridgehead atoms. The van der Waals surface area contributed by atoms with Crippen molar-refractivity contribution in [1.82, 2.24) is 48.3 Å². The van der Waals surface area contributed by atoms with Gasteiger partial charge in [-0.25, -0.2) is 4.98 Å². The topological polar surface area (TPSA) is 159 Å². The molecule has 0 spiro atoms. The van der Waals surface area contributed by atoms with Crippen molar-refractivity contribution >= 4 is 44.7 Å². The molecule has 16 heteroatoms. The molecule has 0 radical (unpaired) electrons. The number of hydrogen-bond donors (Lipinski definition) is 2. The highest BCUT2D eigenvalue weighted by molar-refractivity contribution is 6.07. The molecule has 2 fully saturated rings. The van der Waals surface area contributed by atoms with Crippen molar-refractivity contribution in [2.24, 2.45) is 7.05 Å². The van der Waals surface area contributed by atoms with Gasteiger partial charge in [-0.15, -0.1) is 6.58 Å². The van der Waals surface area contributed by atoms with Crippen LogP contribution in [0.3, 0.4) is 0 Å². The zero-order valence-corrected chi connectivity index (χ0v) is 41.8. The Kier molecular flexibility index (Phi) is 14.9. The predicted molar refractivity (Wildman–Crippen MR) is 282 cm³/mol. The van der Waals surface area contributed by atoms with Gasteiger partial charge >= 0.3 is 0 Å². The third-order valence-electron chi connectivity index (χ3n) is 13.8. The normalized spacial score (nSPS) is 14.9. The van der Waals surface area contributed by atoms with Crippen LogP contribution in [0.15, 0.2) is 102 Å². The monoisotopic (exact) mass is 955 g/mol. The molecular formula is C54H70N10O6. The number of aromatic nitrogens is 6. The number of aryl methyl sites for hydroxylation is 2. The summed E-state index contributed by atoms with van der Waals surface area (Å²) in [4.78, 5) is 72.5. The van der Waals surface area contributed by atoms with Gasteiger partial charge in [0.25, 0.3) is 22.9 Å². The molecule has 70 heavy (non-hydrogen) atoms. The van der Waals surface area contributed by atoms with Gasteiger partial charge in [-0.1, -0.05) is 18.2 Å². The van der Waals surface area contributed by atoms with Gasteiger partial charge in [-0.3, -0.25) is 29.0 Å². The standard InChI is InChI=1S/C27H32N6O2.C27H34N4O4.2H2/c1-5-6-9-33-16-22(20-7-8-28-25(20)27(33)35)21-14-19(15-23-24(21)29-17-30(23)4)26(34)32-12-10-31(11-13-32)18(2)3;1-6-7-10-31-17-22(19-8-9-28-25(19)27(31)33)20-15-24(35-5)21(16-23(20)34-4)26(32)30-13-11-29(12-14-30)18(2)3;;/h5-8,14-18,28H,9-13H2,1-4H3;6,8-9,15-18,28H,1,7,10-14H2,2-5H3;2*1H/b6-5+;;;. The predicted octanol–water partition coefficient (Wildman–Crippen LogP) is 7.87. The van der Waals surface area contributed by atoms with Crippen LogP contribution in [0.2, 0.25) is 0 Å². The highest BCUT2D eigenvalue weighted by Gasteiger charge is 2.29. The van der Waals surface area contributed by atoms with E-state index >= 15 is 0 Å². The lowest BCUT2D eigenvalue weighted by Crippen LogP contribution is -2.50. The molecule has 16 nitrogen and oxygen atoms in total. The second-order valence-corrected chi connectivity index (χ2v) is 18.6. The van der Waals surface area contributed by atoms with E-state index in [4.69, 9.17) is 9.47 Å². The van der Waals surface area contributed by atoms with E-state index in [0.717, 1.165) is 70.2 Å². The van der Waals surface area contributed by atoms with Gasteiger partial charge in [0.2, 0.25) is 0 Å². The van der Waals surface area contributed by atoms with Gasteiger partial charge in [-0.05, 0) is 77.4 Å². The van der Waals surface area contributed by atoms with Crippen LogP contribution < -0.4 is 20.6 Å². The number of imidazole rings is 1. The molecule has 2 aromatic carbocycles. The largest absolute Gasteiger partial charge is 0.496 e. The summed E-state index contributed by atoms with van der Waals surface area (Å²) in [5, 5.41) is 1.61. The Morgan fingerprint density at radius 3 is 1.86 bits per heavy atom. The molecule has 2 amide bonds. The average Bonchev–Trinajstić information content (AvgIpc) is 4.17. The van der Waals surface area contributed by atoms with Gasteiger partial charge in [0.1, 0.15) is 22.5 Å². The van der Waals surface area contributed by atoms with E-state index in [9.17, 15) is 19.2 Å². The van der Waals surface area contributed by atoms with E-state index in [1.54, 1.807) is 54.2 Å². The Hall–Kier alpha value is -7.17. The number of piperazine rings is 2. The summed E-state index contributed by atoms with van der Waals surface area (Å²) in [6.45, 7) is 21.6. The number of benzene rings is 2. The van der Waals surface area contributed by atoms with Gasteiger partial charge < -0.3 is 42.9 Å². The van der Waals surface area contributed by atoms with Crippen LogP contribution in [-0.4, -0.2) is 139 Å². The Morgan fingerprint density at radius 1 is 0.743 bits per heavy atom. The number of allylic oxidation sites excluding steroid dienone is 3. The lowest BCUT2D eigenvalue weighted by molar-refractivity contribution is 0.0588. The lowest BCUT2D eigenvalue weighted by Gasteiger charge is -2.37. The number of pyridine rings is 2. The zero-order valence-electron chi connectivity index (χ0n) is 41.8. The Labute approximate surface area is 411 Å². The number of rotatable bonds is 13. The van der Waals surface area contributed by atoms with Crippen LogP contribution in [0.5, 0.6) is 11.5 Å². The Bertz CT molecular complexity index is 3200. The van der Waals surface area contributed by atoms with E-state index in [1.165, 1.54) is 0 Å².